The van der Waals surface area contributed by atoms with Crippen molar-refractivity contribution in [2.24, 2.45) is 0 Å². The third kappa shape index (κ3) is 3.21. The monoisotopic (exact) mass is 231 g/mol. The third-order valence-corrected chi connectivity index (χ3v) is 3.25. The Morgan fingerprint density at radius 1 is 1.24 bits per heavy atom. The Kier molecular flexibility index (Phi) is 3.65. The fraction of sp³-hybridized carbons (Fsp3) is 0.500. The van der Waals surface area contributed by atoms with Crippen LogP contribution in [0.25, 0.3) is 0 Å². The predicted molar refractivity (Wildman–Crippen MR) is 64.7 cm³/mol. The minimum atomic E-state index is -0.634. The molecule has 1 aliphatic rings. The van der Waals surface area contributed by atoms with Crippen LogP contribution in [0.4, 0.5) is 0 Å². The molecule has 0 radical (unpaired) electrons. The largest absolute Gasteiger partial charge is 0.491 e. The van der Waals surface area contributed by atoms with E-state index in [2.05, 4.69) is 6.07 Å². The highest BCUT2D eigenvalue weighted by Crippen LogP contribution is 2.30. The van der Waals surface area contributed by atoms with Crippen molar-refractivity contribution in [3.8, 4) is 11.8 Å². The highest BCUT2D eigenvalue weighted by molar-refractivity contribution is 5.28. The molecule has 0 unspecified atom stereocenters. The van der Waals surface area contributed by atoms with E-state index in [4.69, 9.17) is 10.00 Å². The van der Waals surface area contributed by atoms with E-state index in [0.29, 0.717) is 13.0 Å². The molecule has 1 fully saturated rings. The molecule has 3 nitrogen and oxygen atoms in total. The summed E-state index contributed by atoms with van der Waals surface area (Å²) in [7, 11) is 0. The van der Waals surface area contributed by atoms with Gasteiger partial charge in [-0.3, -0.25) is 0 Å². The van der Waals surface area contributed by atoms with E-state index >= 15 is 0 Å². The molecule has 0 aromatic heterocycles. The van der Waals surface area contributed by atoms with Crippen LogP contribution < -0.4 is 4.74 Å². The summed E-state index contributed by atoms with van der Waals surface area (Å²) in [4.78, 5) is 0. The Hall–Kier alpha value is -1.53. The summed E-state index contributed by atoms with van der Waals surface area (Å²) >= 11 is 0. The summed E-state index contributed by atoms with van der Waals surface area (Å²) in [6.07, 6.45) is 4.26. The number of nitriles is 1. The first-order valence-electron chi connectivity index (χ1n) is 6.03. The molecule has 2 rings (SSSR count). The molecule has 0 amide bonds. The highest BCUT2D eigenvalue weighted by atomic mass is 16.5. The van der Waals surface area contributed by atoms with E-state index in [1.807, 2.05) is 24.3 Å². The molecule has 0 saturated heterocycles. The van der Waals surface area contributed by atoms with Crippen LogP contribution in [0.2, 0.25) is 0 Å². The zero-order chi connectivity index (χ0) is 12.1. The molecule has 0 spiro atoms. The molecule has 3 heteroatoms. The number of hydrogen-bond donors (Lipinski definition) is 1. The Balaban J connectivity index is 1.89. The fourth-order valence-electron chi connectivity index (χ4n) is 2.19. The van der Waals surface area contributed by atoms with Crippen LogP contribution in [0, 0.1) is 11.3 Å². The van der Waals surface area contributed by atoms with E-state index in [9.17, 15) is 5.11 Å². The summed E-state index contributed by atoms with van der Waals surface area (Å²) < 4.78 is 5.59. The SMILES string of the molecule is N#CCc1ccc(OCC2(O)CCCC2)cc1. The number of aliphatic hydroxyl groups is 1. The van der Waals surface area contributed by atoms with Gasteiger partial charge in [-0.05, 0) is 30.5 Å². The summed E-state index contributed by atoms with van der Waals surface area (Å²) in [6.45, 7) is 0.366. The second-order valence-electron chi connectivity index (χ2n) is 4.70. The molecule has 90 valence electrons. The molecule has 1 aromatic rings. The Bertz CT molecular complexity index is 399. The summed E-state index contributed by atoms with van der Waals surface area (Å²) in [5, 5.41) is 18.7. The topological polar surface area (TPSA) is 53.2 Å². The molecule has 0 aliphatic heterocycles. The quantitative estimate of drug-likeness (QED) is 0.865. The van der Waals surface area contributed by atoms with Gasteiger partial charge in [0.15, 0.2) is 0 Å². The van der Waals surface area contributed by atoms with Gasteiger partial charge in [0.05, 0.1) is 18.1 Å². The summed E-state index contributed by atoms with van der Waals surface area (Å²) in [5.41, 5.74) is 0.352. The van der Waals surface area contributed by atoms with E-state index < -0.39 is 5.60 Å². The first kappa shape index (κ1) is 11.9. The lowest BCUT2D eigenvalue weighted by Crippen LogP contribution is -2.32. The molecule has 0 heterocycles. The van der Waals surface area contributed by atoms with Crippen molar-refractivity contribution in [1.29, 1.82) is 5.26 Å². The van der Waals surface area contributed by atoms with Crippen LogP contribution in [-0.2, 0) is 6.42 Å². The van der Waals surface area contributed by atoms with Gasteiger partial charge >= 0.3 is 0 Å². The molecule has 1 saturated carbocycles. The van der Waals surface area contributed by atoms with Crippen molar-refractivity contribution in [3.05, 3.63) is 29.8 Å². The zero-order valence-electron chi connectivity index (χ0n) is 9.85. The van der Waals surface area contributed by atoms with Crippen LogP contribution in [0.5, 0.6) is 5.75 Å². The smallest absolute Gasteiger partial charge is 0.119 e. The van der Waals surface area contributed by atoms with Crippen molar-refractivity contribution in [2.75, 3.05) is 6.61 Å². The van der Waals surface area contributed by atoms with Crippen LogP contribution in [0.15, 0.2) is 24.3 Å². The second-order valence-corrected chi connectivity index (χ2v) is 4.70. The number of rotatable bonds is 4. The van der Waals surface area contributed by atoms with E-state index in [1.54, 1.807) is 0 Å². The lowest BCUT2D eigenvalue weighted by molar-refractivity contribution is 0.00141. The predicted octanol–water partition coefficient (Wildman–Crippen LogP) is 2.44. The molecule has 0 atom stereocenters. The van der Waals surface area contributed by atoms with Crippen LogP contribution in [0.1, 0.15) is 31.2 Å². The average molecular weight is 231 g/mol. The van der Waals surface area contributed by atoms with Gasteiger partial charge in [-0.2, -0.15) is 5.26 Å². The molecule has 1 aliphatic carbocycles. The normalized spacial score (nSPS) is 17.6. The van der Waals surface area contributed by atoms with Gasteiger partial charge in [-0.1, -0.05) is 25.0 Å². The van der Waals surface area contributed by atoms with Crippen LogP contribution in [-0.4, -0.2) is 17.3 Å². The van der Waals surface area contributed by atoms with Gasteiger partial charge in [-0.15, -0.1) is 0 Å². The zero-order valence-corrected chi connectivity index (χ0v) is 9.85. The number of ether oxygens (including phenoxy) is 1. The maximum Gasteiger partial charge on any atom is 0.119 e. The first-order chi connectivity index (χ1) is 8.22. The minimum Gasteiger partial charge on any atom is -0.491 e. The minimum absolute atomic E-state index is 0.366. The van der Waals surface area contributed by atoms with Crippen molar-refractivity contribution in [2.45, 2.75) is 37.7 Å². The Labute approximate surface area is 102 Å². The average Bonchev–Trinajstić information content (AvgIpc) is 2.76. The van der Waals surface area contributed by atoms with Gasteiger partial charge in [0.2, 0.25) is 0 Å². The fourth-order valence-corrected chi connectivity index (χ4v) is 2.19. The van der Waals surface area contributed by atoms with Gasteiger partial charge in [0.25, 0.3) is 0 Å². The molecule has 0 bridgehead atoms. The van der Waals surface area contributed by atoms with Crippen molar-refractivity contribution >= 4 is 0 Å². The lowest BCUT2D eigenvalue weighted by atomic mass is 10.0. The van der Waals surface area contributed by atoms with Gasteiger partial charge in [-0.25, -0.2) is 0 Å². The van der Waals surface area contributed by atoms with Gasteiger partial charge < -0.3 is 9.84 Å². The second kappa shape index (κ2) is 5.20. The van der Waals surface area contributed by atoms with Crippen molar-refractivity contribution in [3.63, 3.8) is 0 Å². The summed E-state index contributed by atoms with van der Waals surface area (Å²) in [5.74, 6) is 0.756. The summed E-state index contributed by atoms with van der Waals surface area (Å²) in [6, 6.07) is 9.58. The van der Waals surface area contributed by atoms with Crippen molar-refractivity contribution in [1.82, 2.24) is 0 Å². The molecular formula is C14H17NO2. The third-order valence-electron chi connectivity index (χ3n) is 3.25. The molecular weight excluding hydrogens is 214 g/mol. The highest BCUT2D eigenvalue weighted by Gasteiger charge is 2.31. The maximum atomic E-state index is 10.1. The standard InChI is InChI=1S/C14H17NO2/c15-10-7-12-3-5-13(6-4-12)17-11-14(16)8-1-2-9-14/h3-6,16H,1-2,7-9,11H2. The molecule has 17 heavy (non-hydrogen) atoms. The van der Waals surface area contributed by atoms with E-state index in [0.717, 1.165) is 37.0 Å². The first-order valence-corrected chi connectivity index (χ1v) is 6.03. The number of hydrogen-bond acceptors (Lipinski definition) is 3. The number of nitrogens with zero attached hydrogens (tertiary/aromatic N) is 1. The Morgan fingerprint density at radius 2 is 1.88 bits per heavy atom. The van der Waals surface area contributed by atoms with Gasteiger partial charge in [0, 0.05) is 0 Å². The lowest BCUT2D eigenvalue weighted by Gasteiger charge is -2.22. The van der Waals surface area contributed by atoms with Crippen LogP contribution in [0.3, 0.4) is 0 Å². The maximum absolute atomic E-state index is 10.1. The van der Waals surface area contributed by atoms with E-state index in [1.165, 1.54) is 0 Å². The van der Waals surface area contributed by atoms with Crippen molar-refractivity contribution < 1.29 is 9.84 Å². The number of benzene rings is 1. The Morgan fingerprint density at radius 3 is 2.47 bits per heavy atom. The van der Waals surface area contributed by atoms with Gasteiger partial charge in [0.1, 0.15) is 12.4 Å². The molecule has 1 aromatic carbocycles. The van der Waals surface area contributed by atoms with E-state index in [-0.39, 0.29) is 0 Å². The molecule has 1 N–H and O–H groups in total. The van der Waals surface area contributed by atoms with Crippen LogP contribution >= 0.6 is 0 Å².